The van der Waals surface area contributed by atoms with Crippen LogP contribution in [-0.2, 0) is 0 Å². The van der Waals surface area contributed by atoms with Crippen LogP contribution in [0.25, 0.3) is 0 Å². The molecule has 2 N–H and O–H groups in total. The van der Waals surface area contributed by atoms with Gasteiger partial charge >= 0.3 is 0 Å². The van der Waals surface area contributed by atoms with Gasteiger partial charge in [0.25, 0.3) is 0 Å². The summed E-state index contributed by atoms with van der Waals surface area (Å²) >= 11 is 6.23. The molecule has 0 bridgehead atoms. The minimum absolute atomic E-state index is 0.279. The van der Waals surface area contributed by atoms with Gasteiger partial charge in [0.05, 0.1) is 22.1 Å². The Kier molecular flexibility index (Phi) is 3.67. The Morgan fingerprint density at radius 3 is 2.53 bits per heavy atom. The van der Waals surface area contributed by atoms with Crippen LogP contribution in [0.1, 0.15) is 11.1 Å². The second-order valence-electron chi connectivity index (χ2n) is 4.65. The van der Waals surface area contributed by atoms with E-state index < -0.39 is 0 Å². The highest BCUT2D eigenvalue weighted by Gasteiger charge is 2.16. The quantitative estimate of drug-likeness (QED) is 0.823. The first-order chi connectivity index (χ1) is 8.91. The molecule has 2 nitrogen and oxygen atoms in total. The largest absolute Gasteiger partial charge is 0.397 e. The van der Waals surface area contributed by atoms with Crippen LogP contribution in [0.2, 0.25) is 5.02 Å². The Bertz CT molecular complexity index is 606. The van der Waals surface area contributed by atoms with Crippen LogP contribution in [-0.4, -0.2) is 7.05 Å². The molecule has 0 unspecified atom stereocenters. The maximum atomic E-state index is 14.0. The molecule has 19 heavy (non-hydrogen) atoms. The van der Waals surface area contributed by atoms with Crippen LogP contribution in [0.3, 0.4) is 0 Å². The highest BCUT2D eigenvalue weighted by molar-refractivity contribution is 6.36. The molecule has 0 saturated carbocycles. The molecule has 0 aliphatic rings. The summed E-state index contributed by atoms with van der Waals surface area (Å²) in [6.45, 7) is 3.79. The van der Waals surface area contributed by atoms with Crippen molar-refractivity contribution < 1.29 is 4.39 Å². The lowest BCUT2D eigenvalue weighted by Gasteiger charge is -2.24. The van der Waals surface area contributed by atoms with E-state index in [1.165, 1.54) is 6.07 Å². The lowest BCUT2D eigenvalue weighted by molar-refractivity contribution is 0.626. The molecular weight excluding hydrogens is 263 g/mol. The van der Waals surface area contributed by atoms with Crippen LogP contribution in [0, 0.1) is 19.7 Å². The molecule has 0 aliphatic carbocycles. The Balaban J connectivity index is 2.59. The summed E-state index contributed by atoms with van der Waals surface area (Å²) in [6.07, 6.45) is 0. The van der Waals surface area contributed by atoms with E-state index in [-0.39, 0.29) is 5.82 Å². The monoisotopic (exact) mass is 278 g/mol. The molecule has 4 heteroatoms. The predicted molar refractivity (Wildman–Crippen MR) is 79.8 cm³/mol. The fourth-order valence-electron chi connectivity index (χ4n) is 2.19. The molecule has 0 spiro atoms. The summed E-state index contributed by atoms with van der Waals surface area (Å²) in [5.74, 6) is -0.279. The number of anilines is 3. The van der Waals surface area contributed by atoms with Crippen LogP contribution >= 0.6 is 11.6 Å². The van der Waals surface area contributed by atoms with Gasteiger partial charge in [0.15, 0.2) is 0 Å². The summed E-state index contributed by atoms with van der Waals surface area (Å²) in [5, 5.41) is 0.441. The average Bonchev–Trinajstić information content (AvgIpc) is 2.33. The van der Waals surface area contributed by atoms with Crippen molar-refractivity contribution in [1.82, 2.24) is 0 Å². The number of para-hydroxylation sites is 1. The Morgan fingerprint density at radius 2 is 1.89 bits per heavy atom. The third kappa shape index (κ3) is 2.51. The summed E-state index contributed by atoms with van der Waals surface area (Å²) in [6, 6.07) is 8.68. The number of nitrogen functional groups attached to an aromatic ring is 1. The van der Waals surface area contributed by atoms with Crippen molar-refractivity contribution in [2.24, 2.45) is 0 Å². The van der Waals surface area contributed by atoms with Gasteiger partial charge in [-0.05, 0) is 43.2 Å². The predicted octanol–water partition coefficient (Wildman–Crippen LogP) is 4.45. The molecule has 0 saturated heterocycles. The van der Waals surface area contributed by atoms with Crippen molar-refractivity contribution in [1.29, 1.82) is 0 Å². The van der Waals surface area contributed by atoms with E-state index in [1.54, 1.807) is 24.1 Å². The first kappa shape index (κ1) is 13.7. The topological polar surface area (TPSA) is 29.3 Å². The van der Waals surface area contributed by atoms with Gasteiger partial charge in [-0.3, -0.25) is 0 Å². The third-order valence-corrected chi connectivity index (χ3v) is 3.52. The van der Waals surface area contributed by atoms with Crippen molar-refractivity contribution in [3.05, 3.63) is 52.3 Å². The van der Waals surface area contributed by atoms with Crippen molar-refractivity contribution in [3.63, 3.8) is 0 Å². The number of aryl methyl sites for hydroxylation is 2. The molecule has 0 atom stereocenters. The molecule has 0 radical (unpaired) electrons. The minimum atomic E-state index is -0.279. The lowest BCUT2D eigenvalue weighted by Crippen LogP contribution is -2.14. The maximum absolute atomic E-state index is 14.0. The molecular formula is C15H16ClFN2. The van der Waals surface area contributed by atoms with Gasteiger partial charge in [-0.2, -0.15) is 0 Å². The number of nitrogens with zero attached hydrogens (tertiary/aromatic N) is 1. The summed E-state index contributed by atoms with van der Waals surface area (Å²) in [7, 11) is 1.78. The fraction of sp³-hybridized carbons (Fsp3) is 0.200. The first-order valence-corrected chi connectivity index (χ1v) is 6.34. The lowest BCUT2D eigenvalue weighted by atomic mass is 10.1. The number of benzene rings is 2. The first-order valence-electron chi connectivity index (χ1n) is 5.96. The Hall–Kier alpha value is -1.74. The van der Waals surface area contributed by atoms with Gasteiger partial charge < -0.3 is 10.6 Å². The Labute approximate surface area is 117 Å². The zero-order valence-electron chi connectivity index (χ0n) is 11.2. The number of hydrogen-bond donors (Lipinski definition) is 1. The van der Waals surface area contributed by atoms with Crippen LogP contribution in [0.4, 0.5) is 21.5 Å². The van der Waals surface area contributed by atoms with Crippen molar-refractivity contribution in [2.75, 3.05) is 17.7 Å². The van der Waals surface area contributed by atoms with Gasteiger partial charge in [0.2, 0.25) is 0 Å². The molecule has 2 rings (SSSR count). The van der Waals surface area contributed by atoms with E-state index in [0.717, 1.165) is 11.1 Å². The van der Waals surface area contributed by atoms with Gasteiger partial charge in [-0.25, -0.2) is 4.39 Å². The fourth-order valence-corrected chi connectivity index (χ4v) is 2.43. The molecule has 2 aromatic carbocycles. The third-order valence-electron chi connectivity index (χ3n) is 3.11. The van der Waals surface area contributed by atoms with E-state index in [0.29, 0.717) is 22.1 Å². The normalized spacial score (nSPS) is 10.6. The SMILES string of the molecule is Cc1cc(N)c(Cl)c(N(C)c2c(C)cccc2F)c1. The second-order valence-corrected chi connectivity index (χ2v) is 5.03. The van der Waals surface area contributed by atoms with Gasteiger partial charge in [-0.15, -0.1) is 0 Å². The molecule has 0 heterocycles. The standard InChI is InChI=1S/C15H16ClFN2/c1-9-7-12(18)14(16)13(8-9)19(3)15-10(2)5-4-6-11(15)17/h4-8H,18H2,1-3H3. The van der Waals surface area contributed by atoms with E-state index in [9.17, 15) is 4.39 Å². The maximum Gasteiger partial charge on any atom is 0.147 e. The highest BCUT2D eigenvalue weighted by Crippen LogP contribution is 2.37. The molecule has 0 aromatic heterocycles. The van der Waals surface area contributed by atoms with E-state index in [1.807, 2.05) is 26.0 Å². The van der Waals surface area contributed by atoms with Crippen LogP contribution in [0.15, 0.2) is 30.3 Å². The van der Waals surface area contributed by atoms with E-state index in [4.69, 9.17) is 17.3 Å². The van der Waals surface area contributed by atoms with Gasteiger partial charge in [-0.1, -0.05) is 23.7 Å². The Morgan fingerprint density at radius 1 is 1.21 bits per heavy atom. The molecule has 2 aromatic rings. The zero-order valence-corrected chi connectivity index (χ0v) is 11.9. The average molecular weight is 279 g/mol. The number of rotatable bonds is 2. The number of halogens is 2. The van der Waals surface area contributed by atoms with Crippen molar-refractivity contribution >= 4 is 28.7 Å². The number of nitrogens with two attached hydrogens (primary N) is 1. The van der Waals surface area contributed by atoms with E-state index >= 15 is 0 Å². The second kappa shape index (κ2) is 5.10. The minimum Gasteiger partial charge on any atom is -0.397 e. The van der Waals surface area contributed by atoms with Gasteiger partial charge in [0, 0.05) is 7.05 Å². The molecule has 0 amide bonds. The molecule has 0 fully saturated rings. The molecule has 100 valence electrons. The summed E-state index contributed by atoms with van der Waals surface area (Å²) in [5.41, 5.74) is 9.40. The molecule has 0 aliphatic heterocycles. The highest BCUT2D eigenvalue weighted by atomic mass is 35.5. The summed E-state index contributed by atoms with van der Waals surface area (Å²) in [4.78, 5) is 1.73. The zero-order chi connectivity index (χ0) is 14.2. The smallest absolute Gasteiger partial charge is 0.147 e. The van der Waals surface area contributed by atoms with Crippen LogP contribution in [0.5, 0.6) is 0 Å². The van der Waals surface area contributed by atoms with Crippen LogP contribution < -0.4 is 10.6 Å². The van der Waals surface area contributed by atoms with Crippen molar-refractivity contribution in [3.8, 4) is 0 Å². The van der Waals surface area contributed by atoms with Crippen molar-refractivity contribution in [2.45, 2.75) is 13.8 Å². The summed E-state index contributed by atoms with van der Waals surface area (Å²) < 4.78 is 14.0. The van der Waals surface area contributed by atoms with E-state index in [2.05, 4.69) is 0 Å². The van der Waals surface area contributed by atoms with Gasteiger partial charge in [0.1, 0.15) is 5.82 Å². The number of hydrogen-bond acceptors (Lipinski definition) is 2.